The summed E-state index contributed by atoms with van der Waals surface area (Å²) in [6.45, 7) is 3.34. The molecule has 0 saturated carbocycles. The molecule has 1 amide bonds. The number of carbonyl (C=O) groups excluding carboxylic acids is 1. The van der Waals surface area contributed by atoms with Gasteiger partial charge in [0.15, 0.2) is 5.04 Å². The maximum absolute atomic E-state index is 14.2. The summed E-state index contributed by atoms with van der Waals surface area (Å²) in [5.41, 5.74) is -1.62. The van der Waals surface area contributed by atoms with Crippen molar-refractivity contribution in [3.8, 4) is 0 Å². The second kappa shape index (κ2) is 7.90. The zero-order chi connectivity index (χ0) is 22.1. The van der Waals surface area contributed by atoms with E-state index in [0.717, 1.165) is 42.5 Å². The van der Waals surface area contributed by atoms with E-state index in [4.69, 9.17) is 4.84 Å². The first kappa shape index (κ1) is 21.5. The Bertz CT molecular complexity index is 1150. The van der Waals surface area contributed by atoms with Gasteiger partial charge in [-0.1, -0.05) is 11.2 Å². The van der Waals surface area contributed by atoms with E-state index in [1.807, 2.05) is 0 Å². The third kappa shape index (κ3) is 4.51. The number of oxime groups is 1. The molecule has 0 aliphatic carbocycles. The number of rotatable bonds is 4. The van der Waals surface area contributed by atoms with Crippen LogP contribution in [0.15, 0.2) is 52.0 Å². The molecule has 11 heteroatoms. The molecule has 1 unspecified atom stereocenters. The van der Waals surface area contributed by atoms with Crippen LogP contribution in [0.2, 0.25) is 0 Å². The molecule has 2 aromatic rings. The van der Waals surface area contributed by atoms with Gasteiger partial charge in [-0.3, -0.25) is 14.9 Å². The predicted octanol–water partition coefficient (Wildman–Crippen LogP) is 4.19. The molecule has 2 aromatic carbocycles. The first-order chi connectivity index (χ1) is 14.0. The van der Waals surface area contributed by atoms with Gasteiger partial charge in [-0.05, 0) is 38.1 Å². The lowest BCUT2D eigenvalue weighted by Gasteiger charge is -2.14. The minimum absolute atomic E-state index is 0.0406. The van der Waals surface area contributed by atoms with Crippen molar-refractivity contribution < 1.29 is 27.5 Å². The average Bonchev–Trinajstić information content (AvgIpc) is 3.05. The highest BCUT2D eigenvalue weighted by molar-refractivity contribution is 8.07. The smallest absolute Gasteiger partial charge is 0.285 e. The van der Waals surface area contributed by atoms with Gasteiger partial charge < -0.3 is 4.84 Å². The van der Waals surface area contributed by atoms with Gasteiger partial charge >= 0.3 is 0 Å². The summed E-state index contributed by atoms with van der Waals surface area (Å²) in [4.78, 5) is 27.9. The first-order valence-electron chi connectivity index (χ1n) is 8.72. The maximum Gasteiger partial charge on any atom is 0.285 e. The molecule has 0 fully saturated rings. The lowest BCUT2D eigenvalue weighted by Crippen LogP contribution is -2.24. The van der Waals surface area contributed by atoms with E-state index < -0.39 is 49.1 Å². The number of nitrogens with zero attached hydrogens (tertiary/aromatic N) is 3. The van der Waals surface area contributed by atoms with Gasteiger partial charge in [-0.2, -0.15) is 4.36 Å². The van der Waals surface area contributed by atoms with Crippen LogP contribution in [-0.4, -0.2) is 25.7 Å². The number of hydrogen-bond donors (Lipinski definition) is 0. The largest absolute Gasteiger partial charge is 0.389 e. The van der Waals surface area contributed by atoms with Crippen molar-refractivity contribution in [2.45, 2.75) is 31.6 Å². The highest BCUT2D eigenvalue weighted by Gasteiger charge is 2.36. The number of hydrogen-bond acceptors (Lipinski definition) is 6. The molecule has 0 N–H and O–H groups in total. The molecule has 30 heavy (non-hydrogen) atoms. The van der Waals surface area contributed by atoms with Crippen molar-refractivity contribution in [3.63, 3.8) is 0 Å². The van der Waals surface area contributed by atoms with Crippen LogP contribution in [-0.2, 0) is 20.3 Å². The van der Waals surface area contributed by atoms with Crippen LogP contribution in [0.5, 0.6) is 0 Å². The van der Waals surface area contributed by atoms with Gasteiger partial charge in [-0.25, -0.2) is 13.0 Å². The zero-order valence-corrected chi connectivity index (χ0v) is 16.8. The summed E-state index contributed by atoms with van der Waals surface area (Å²) in [6.07, 6.45) is 0.0406. The van der Waals surface area contributed by atoms with Gasteiger partial charge in [0.25, 0.3) is 11.6 Å². The summed E-state index contributed by atoms with van der Waals surface area (Å²) in [7, 11) is -3.72. The van der Waals surface area contributed by atoms with Crippen LogP contribution in [0.4, 0.5) is 14.5 Å². The standard InChI is InChI=1S/C19H17F2N3O5S/c1-19(2)10-17(22-29-19)30(28,11-14-15(20)4-3-5-16(14)21)23-18(25)12-6-8-13(9-7-12)24(26)27/h3-9H,10-11H2,1-2H3. The van der Waals surface area contributed by atoms with E-state index >= 15 is 0 Å². The molecule has 1 aliphatic rings. The summed E-state index contributed by atoms with van der Waals surface area (Å²) < 4.78 is 45.8. The molecular formula is C19H17F2N3O5S. The van der Waals surface area contributed by atoms with E-state index in [0.29, 0.717) is 0 Å². The molecule has 3 rings (SSSR count). The molecular weight excluding hydrogens is 420 g/mol. The van der Waals surface area contributed by atoms with E-state index in [9.17, 15) is 27.9 Å². The van der Waals surface area contributed by atoms with Gasteiger partial charge in [0.2, 0.25) is 0 Å². The molecule has 158 valence electrons. The fourth-order valence-electron chi connectivity index (χ4n) is 2.72. The van der Waals surface area contributed by atoms with Crippen LogP contribution in [0.3, 0.4) is 0 Å². The molecule has 1 aliphatic heterocycles. The van der Waals surface area contributed by atoms with Crippen molar-refractivity contribution in [1.82, 2.24) is 0 Å². The van der Waals surface area contributed by atoms with Crippen molar-refractivity contribution >= 4 is 26.4 Å². The van der Waals surface area contributed by atoms with Crippen LogP contribution in [0.1, 0.15) is 36.2 Å². The summed E-state index contributed by atoms with van der Waals surface area (Å²) in [5, 5.41) is 14.4. The van der Waals surface area contributed by atoms with Crippen molar-refractivity contribution in [2.75, 3.05) is 0 Å². The first-order valence-corrected chi connectivity index (χ1v) is 10.4. The average molecular weight is 437 g/mol. The second-order valence-corrected chi connectivity index (χ2v) is 9.42. The Morgan fingerprint density at radius 3 is 2.33 bits per heavy atom. The molecule has 1 atom stereocenters. The Balaban J connectivity index is 2.06. The second-order valence-electron chi connectivity index (χ2n) is 7.20. The lowest BCUT2D eigenvalue weighted by atomic mass is 10.1. The van der Waals surface area contributed by atoms with Crippen LogP contribution in [0.25, 0.3) is 0 Å². The van der Waals surface area contributed by atoms with Gasteiger partial charge in [0.05, 0.1) is 10.7 Å². The SMILES string of the molecule is CC1(C)CC(S(=O)(Cc2c(F)cccc2F)=NC(=O)c2ccc([N+](=O)[O-])cc2)=NO1. The summed E-state index contributed by atoms with van der Waals surface area (Å²) in [6, 6.07) is 7.69. The minimum atomic E-state index is -3.72. The molecule has 0 spiro atoms. The van der Waals surface area contributed by atoms with Crippen molar-refractivity contribution in [3.05, 3.63) is 75.3 Å². The normalized spacial score (nSPS) is 16.9. The number of carbonyl (C=O) groups is 1. The van der Waals surface area contributed by atoms with Gasteiger partial charge in [0.1, 0.15) is 27.0 Å². The molecule has 0 bridgehead atoms. The van der Waals surface area contributed by atoms with Crippen LogP contribution in [0, 0.1) is 21.7 Å². The number of nitro groups is 1. The Kier molecular flexibility index (Phi) is 5.66. The lowest BCUT2D eigenvalue weighted by molar-refractivity contribution is -0.384. The number of benzene rings is 2. The van der Waals surface area contributed by atoms with Crippen LogP contribution >= 0.6 is 0 Å². The number of non-ortho nitro benzene ring substituents is 1. The van der Waals surface area contributed by atoms with E-state index in [1.54, 1.807) is 13.8 Å². The third-order valence-electron chi connectivity index (χ3n) is 4.30. The maximum atomic E-state index is 14.2. The monoisotopic (exact) mass is 437 g/mol. The zero-order valence-electron chi connectivity index (χ0n) is 16.0. The molecule has 0 radical (unpaired) electrons. The Morgan fingerprint density at radius 2 is 1.83 bits per heavy atom. The number of nitro benzene ring substituents is 1. The predicted molar refractivity (Wildman–Crippen MR) is 105 cm³/mol. The van der Waals surface area contributed by atoms with Crippen molar-refractivity contribution in [1.29, 1.82) is 0 Å². The van der Waals surface area contributed by atoms with Crippen molar-refractivity contribution in [2.24, 2.45) is 9.52 Å². The van der Waals surface area contributed by atoms with Gasteiger partial charge in [-0.15, -0.1) is 0 Å². The fourth-order valence-corrected chi connectivity index (χ4v) is 4.82. The molecule has 0 saturated heterocycles. The molecule has 1 heterocycles. The summed E-state index contributed by atoms with van der Waals surface area (Å²) >= 11 is 0. The Hall–Kier alpha value is -3.21. The highest BCUT2D eigenvalue weighted by atomic mass is 32.2. The van der Waals surface area contributed by atoms with E-state index in [2.05, 4.69) is 9.52 Å². The Labute approximate surface area is 170 Å². The van der Waals surface area contributed by atoms with E-state index in [-0.39, 0.29) is 22.7 Å². The minimum Gasteiger partial charge on any atom is -0.389 e. The third-order valence-corrected chi connectivity index (χ3v) is 6.39. The number of halogens is 2. The fraction of sp³-hybridized carbons (Fsp3) is 0.263. The Morgan fingerprint density at radius 1 is 1.23 bits per heavy atom. The summed E-state index contributed by atoms with van der Waals surface area (Å²) in [5.74, 6) is -3.54. The van der Waals surface area contributed by atoms with E-state index in [1.165, 1.54) is 0 Å². The van der Waals surface area contributed by atoms with Crippen LogP contribution < -0.4 is 0 Å². The molecule has 0 aromatic heterocycles. The topological polar surface area (TPSA) is 111 Å². The quantitative estimate of drug-likeness (QED) is 0.526. The van der Waals surface area contributed by atoms with Gasteiger partial charge in [0, 0.05) is 29.7 Å². The molecule has 8 nitrogen and oxygen atoms in total. The number of amides is 1. The highest BCUT2D eigenvalue weighted by Crippen LogP contribution is 2.29.